The molecule has 0 N–H and O–H groups in total. The smallest absolute Gasteiger partial charge is 0.200 e. The van der Waals surface area contributed by atoms with Gasteiger partial charge in [-0.25, -0.2) is 0 Å². The Bertz CT molecular complexity index is 1160. The molecule has 1 aromatic heterocycles. The first-order valence-electron chi connectivity index (χ1n) is 10.3. The zero-order valence-electron chi connectivity index (χ0n) is 17.8. The van der Waals surface area contributed by atoms with Gasteiger partial charge in [-0.05, 0) is 36.8 Å². The van der Waals surface area contributed by atoms with Crippen LogP contribution in [0.5, 0.6) is 11.5 Å². The van der Waals surface area contributed by atoms with Crippen molar-refractivity contribution in [2.45, 2.75) is 6.92 Å². The van der Waals surface area contributed by atoms with Gasteiger partial charge in [0.15, 0.2) is 0 Å². The second-order valence-electron chi connectivity index (χ2n) is 7.28. The van der Waals surface area contributed by atoms with E-state index in [4.69, 9.17) is 18.6 Å². The molecule has 0 radical (unpaired) electrons. The normalized spacial score (nSPS) is 14.1. The Morgan fingerprint density at radius 2 is 1.77 bits per heavy atom. The van der Waals surface area contributed by atoms with E-state index in [1.54, 1.807) is 32.2 Å². The van der Waals surface area contributed by atoms with Crippen LogP contribution in [0.3, 0.4) is 0 Å². The predicted molar refractivity (Wildman–Crippen MR) is 120 cm³/mol. The molecule has 1 aliphatic heterocycles. The van der Waals surface area contributed by atoms with E-state index in [9.17, 15) is 4.79 Å². The van der Waals surface area contributed by atoms with E-state index >= 15 is 0 Å². The zero-order valence-corrected chi connectivity index (χ0v) is 17.8. The minimum atomic E-state index is -0.0687. The third-order valence-corrected chi connectivity index (χ3v) is 5.26. The predicted octanol–water partition coefficient (Wildman–Crippen LogP) is 3.49. The largest absolute Gasteiger partial charge is 0.497 e. The Morgan fingerprint density at radius 3 is 2.52 bits per heavy atom. The van der Waals surface area contributed by atoms with Crippen LogP contribution in [-0.2, 0) is 4.74 Å². The zero-order chi connectivity index (χ0) is 21.6. The van der Waals surface area contributed by atoms with Gasteiger partial charge in [0.25, 0.3) is 0 Å². The third kappa shape index (κ3) is 4.91. The molecule has 160 valence electrons. The molecule has 0 aliphatic carbocycles. The number of aryl methyl sites for hydroxylation is 1. The summed E-state index contributed by atoms with van der Waals surface area (Å²) in [5, 5.41) is 0.516. The molecule has 2 aromatic carbocycles. The summed E-state index contributed by atoms with van der Waals surface area (Å²) in [4.78, 5) is 15.4. The lowest BCUT2D eigenvalue weighted by Gasteiger charge is -2.24. The van der Waals surface area contributed by atoms with Crippen LogP contribution in [0.25, 0.3) is 22.1 Å². The van der Waals surface area contributed by atoms with Crippen molar-refractivity contribution in [3.05, 3.63) is 58.4 Å². The number of morpholine rings is 1. The molecular formula is C25H25NO5. The molecule has 4 rings (SSSR count). The van der Waals surface area contributed by atoms with Crippen molar-refractivity contribution in [2.24, 2.45) is 0 Å². The molecule has 0 bridgehead atoms. The lowest BCUT2D eigenvalue weighted by Crippen LogP contribution is -2.36. The van der Waals surface area contributed by atoms with E-state index in [-0.39, 0.29) is 12.0 Å². The van der Waals surface area contributed by atoms with E-state index in [1.165, 1.54) is 0 Å². The fourth-order valence-electron chi connectivity index (χ4n) is 3.56. The molecule has 1 fully saturated rings. The van der Waals surface area contributed by atoms with Crippen molar-refractivity contribution >= 4 is 11.0 Å². The van der Waals surface area contributed by atoms with Crippen LogP contribution >= 0.6 is 0 Å². The molecule has 0 atom stereocenters. The Hall–Kier alpha value is -3.27. The molecule has 6 heteroatoms. The lowest BCUT2D eigenvalue weighted by molar-refractivity contribution is 0.0443. The van der Waals surface area contributed by atoms with Gasteiger partial charge in [0.1, 0.15) is 29.4 Å². The van der Waals surface area contributed by atoms with Crippen molar-refractivity contribution < 1.29 is 18.6 Å². The second-order valence-corrected chi connectivity index (χ2v) is 7.28. The first-order chi connectivity index (χ1) is 15.2. The summed E-state index contributed by atoms with van der Waals surface area (Å²) < 4.78 is 22.2. The SMILES string of the molecule is COc1ccc(-c2c(C)oc3cc(OCC#CCN4CCOCC4)ccc3c2=O)cc1. The van der Waals surface area contributed by atoms with Gasteiger partial charge in [0.2, 0.25) is 5.43 Å². The summed E-state index contributed by atoms with van der Waals surface area (Å²) >= 11 is 0. The number of rotatable bonds is 5. The molecule has 2 heterocycles. The number of benzene rings is 2. The Morgan fingerprint density at radius 1 is 1.03 bits per heavy atom. The number of fused-ring (bicyclic) bond motifs is 1. The maximum atomic E-state index is 13.1. The third-order valence-electron chi connectivity index (χ3n) is 5.26. The number of ether oxygens (including phenoxy) is 3. The van der Waals surface area contributed by atoms with E-state index in [1.807, 2.05) is 24.3 Å². The average Bonchev–Trinajstić information content (AvgIpc) is 2.80. The van der Waals surface area contributed by atoms with E-state index in [0.29, 0.717) is 34.6 Å². The molecular weight excluding hydrogens is 394 g/mol. The first kappa shape index (κ1) is 21.0. The number of hydrogen-bond donors (Lipinski definition) is 0. The lowest BCUT2D eigenvalue weighted by atomic mass is 10.0. The molecule has 0 saturated carbocycles. The van der Waals surface area contributed by atoms with Crippen LogP contribution in [0.4, 0.5) is 0 Å². The highest BCUT2D eigenvalue weighted by Gasteiger charge is 2.14. The van der Waals surface area contributed by atoms with Crippen molar-refractivity contribution in [3.8, 4) is 34.5 Å². The molecule has 1 saturated heterocycles. The van der Waals surface area contributed by atoms with Crippen LogP contribution in [-0.4, -0.2) is 51.5 Å². The summed E-state index contributed by atoms with van der Waals surface area (Å²) in [6, 6.07) is 12.6. The number of hydrogen-bond acceptors (Lipinski definition) is 6. The van der Waals surface area contributed by atoms with Gasteiger partial charge in [-0.2, -0.15) is 0 Å². The summed E-state index contributed by atoms with van der Waals surface area (Å²) in [6.45, 7) is 6.15. The van der Waals surface area contributed by atoms with E-state index < -0.39 is 0 Å². The molecule has 1 aliphatic rings. The fourth-order valence-corrected chi connectivity index (χ4v) is 3.56. The van der Waals surface area contributed by atoms with Crippen molar-refractivity contribution in [1.29, 1.82) is 0 Å². The van der Waals surface area contributed by atoms with Crippen LogP contribution in [0.2, 0.25) is 0 Å². The standard InChI is InChI=1S/C25H25NO5/c1-18-24(19-5-7-20(28-2)8-6-19)25(27)22-10-9-21(17-23(22)31-18)30-14-4-3-11-26-12-15-29-16-13-26/h5-10,17H,11-16H2,1-2H3. The van der Waals surface area contributed by atoms with Crippen molar-refractivity contribution in [2.75, 3.05) is 46.6 Å². The second kappa shape index (κ2) is 9.69. The monoisotopic (exact) mass is 419 g/mol. The summed E-state index contributed by atoms with van der Waals surface area (Å²) in [6.07, 6.45) is 0. The highest BCUT2D eigenvalue weighted by Crippen LogP contribution is 2.27. The average molecular weight is 419 g/mol. The highest BCUT2D eigenvalue weighted by atomic mass is 16.5. The van der Waals surface area contributed by atoms with Crippen LogP contribution < -0.4 is 14.9 Å². The molecule has 3 aromatic rings. The van der Waals surface area contributed by atoms with Crippen LogP contribution in [0, 0.1) is 18.8 Å². The maximum Gasteiger partial charge on any atom is 0.200 e. The number of nitrogens with zero attached hydrogens (tertiary/aromatic N) is 1. The topological polar surface area (TPSA) is 61.1 Å². The van der Waals surface area contributed by atoms with Gasteiger partial charge in [-0.3, -0.25) is 9.69 Å². The van der Waals surface area contributed by atoms with Gasteiger partial charge in [-0.1, -0.05) is 24.0 Å². The quantitative estimate of drug-likeness (QED) is 0.590. The Labute approximate surface area is 181 Å². The molecule has 0 spiro atoms. The van der Waals surface area contributed by atoms with Gasteiger partial charge in [-0.15, -0.1) is 0 Å². The summed E-state index contributed by atoms with van der Waals surface area (Å²) in [5.74, 6) is 8.08. The first-order valence-corrected chi connectivity index (χ1v) is 10.3. The minimum Gasteiger partial charge on any atom is -0.497 e. The van der Waals surface area contributed by atoms with Gasteiger partial charge in [0, 0.05) is 19.2 Å². The molecule has 31 heavy (non-hydrogen) atoms. The van der Waals surface area contributed by atoms with E-state index in [2.05, 4.69) is 16.7 Å². The maximum absolute atomic E-state index is 13.1. The van der Waals surface area contributed by atoms with Gasteiger partial charge in [0.05, 0.1) is 37.8 Å². The van der Waals surface area contributed by atoms with Crippen LogP contribution in [0.15, 0.2) is 51.7 Å². The van der Waals surface area contributed by atoms with Gasteiger partial charge < -0.3 is 18.6 Å². The Balaban J connectivity index is 1.48. The van der Waals surface area contributed by atoms with Crippen molar-refractivity contribution in [1.82, 2.24) is 4.90 Å². The number of methoxy groups -OCH3 is 1. The fraction of sp³-hybridized carbons (Fsp3) is 0.320. The van der Waals surface area contributed by atoms with Crippen LogP contribution in [0.1, 0.15) is 5.76 Å². The molecule has 0 unspecified atom stereocenters. The molecule has 6 nitrogen and oxygen atoms in total. The highest BCUT2D eigenvalue weighted by molar-refractivity contribution is 5.83. The molecule has 0 amide bonds. The summed E-state index contributed by atoms with van der Waals surface area (Å²) in [7, 11) is 1.61. The van der Waals surface area contributed by atoms with Crippen molar-refractivity contribution in [3.63, 3.8) is 0 Å². The van der Waals surface area contributed by atoms with E-state index in [0.717, 1.165) is 37.6 Å². The van der Waals surface area contributed by atoms with Gasteiger partial charge >= 0.3 is 0 Å². The Kier molecular flexibility index (Phi) is 6.56. The summed E-state index contributed by atoms with van der Waals surface area (Å²) in [5.41, 5.74) is 1.78. The minimum absolute atomic E-state index is 0.0687.